The van der Waals surface area contributed by atoms with Crippen LogP contribution >= 0.6 is 0 Å². The molecule has 0 radical (unpaired) electrons. The second-order valence-corrected chi connectivity index (χ2v) is 5.95. The van der Waals surface area contributed by atoms with Crippen LogP contribution in [0.15, 0.2) is 24.3 Å². The average molecular weight is 268 g/mol. The van der Waals surface area contributed by atoms with Gasteiger partial charge in [-0.05, 0) is 25.5 Å². The summed E-state index contributed by atoms with van der Waals surface area (Å²) >= 11 is 0. The number of benzene rings is 1. The predicted molar refractivity (Wildman–Crippen MR) is 74.7 cm³/mol. The second-order valence-electron chi connectivity index (χ2n) is 4.10. The van der Waals surface area contributed by atoms with Crippen LogP contribution in [0.5, 0.6) is 5.75 Å². The maximum absolute atomic E-state index is 12.1. The van der Waals surface area contributed by atoms with Crippen LogP contribution in [0.3, 0.4) is 0 Å². The molecule has 1 aromatic rings. The van der Waals surface area contributed by atoms with Gasteiger partial charge in [0.2, 0.25) is 0 Å². The minimum Gasteiger partial charge on any atom is -0.493 e. The standard InChI is InChI=1S/C14H20O3S/c1-4-11(3)18(16)10-13(15)12-8-6-7-9-14(12)17-5-2/h6-9,11H,4-5,10H2,1-3H3. The third-order valence-corrected chi connectivity index (χ3v) is 4.56. The van der Waals surface area contributed by atoms with Crippen LogP contribution in [0.1, 0.15) is 37.6 Å². The van der Waals surface area contributed by atoms with Gasteiger partial charge >= 0.3 is 0 Å². The Morgan fingerprint density at radius 1 is 1.33 bits per heavy atom. The molecule has 0 aliphatic heterocycles. The summed E-state index contributed by atoms with van der Waals surface area (Å²) in [6.45, 7) is 6.26. The van der Waals surface area contributed by atoms with Crippen molar-refractivity contribution >= 4 is 16.6 Å². The predicted octanol–water partition coefficient (Wildman–Crippen LogP) is 2.82. The van der Waals surface area contributed by atoms with Gasteiger partial charge in [0.15, 0.2) is 5.78 Å². The number of rotatable bonds is 7. The summed E-state index contributed by atoms with van der Waals surface area (Å²) in [6.07, 6.45) is 0.812. The van der Waals surface area contributed by atoms with Crippen molar-refractivity contribution in [3.05, 3.63) is 29.8 Å². The van der Waals surface area contributed by atoms with E-state index < -0.39 is 10.8 Å². The molecule has 4 heteroatoms. The van der Waals surface area contributed by atoms with E-state index in [4.69, 9.17) is 4.74 Å². The first-order chi connectivity index (χ1) is 8.60. The van der Waals surface area contributed by atoms with Crippen molar-refractivity contribution in [1.29, 1.82) is 0 Å². The Morgan fingerprint density at radius 3 is 2.61 bits per heavy atom. The van der Waals surface area contributed by atoms with Gasteiger partial charge in [-0.25, -0.2) is 0 Å². The van der Waals surface area contributed by atoms with E-state index in [-0.39, 0.29) is 16.8 Å². The zero-order valence-corrected chi connectivity index (χ0v) is 12.0. The summed E-state index contributed by atoms with van der Waals surface area (Å²) < 4.78 is 17.3. The van der Waals surface area contributed by atoms with E-state index in [1.165, 1.54) is 0 Å². The molecule has 2 unspecified atom stereocenters. The average Bonchev–Trinajstić information content (AvgIpc) is 2.38. The fraction of sp³-hybridized carbons (Fsp3) is 0.500. The number of para-hydroxylation sites is 1. The highest BCUT2D eigenvalue weighted by Crippen LogP contribution is 2.19. The van der Waals surface area contributed by atoms with Crippen molar-refractivity contribution in [2.24, 2.45) is 0 Å². The number of ketones is 1. The SMILES string of the molecule is CCOc1ccccc1C(=O)CS(=O)C(C)CC. The molecule has 0 aromatic heterocycles. The van der Waals surface area contributed by atoms with Crippen LogP contribution in [0.25, 0.3) is 0 Å². The minimum atomic E-state index is -1.11. The third kappa shape index (κ3) is 3.95. The van der Waals surface area contributed by atoms with Gasteiger partial charge in [-0.1, -0.05) is 26.0 Å². The van der Waals surface area contributed by atoms with Gasteiger partial charge in [-0.2, -0.15) is 0 Å². The molecule has 0 saturated heterocycles. The van der Waals surface area contributed by atoms with Gasteiger partial charge < -0.3 is 4.74 Å². The minimum absolute atomic E-state index is 0.0493. The lowest BCUT2D eigenvalue weighted by atomic mass is 10.1. The van der Waals surface area contributed by atoms with Crippen molar-refractivity contribution in [3.63, 3.8) is 0 Å². The van der Waals surface area contributed by atoms with E-state index in [1.54, 1.807) is 18.2 Å². The molecule has 1 rings (SSSR count). The van der Waals surface area contributed by atoms with Crippen molar-refractivity contribution in [2.75, 3.05) is 12.4 Å². The first-order valence-corrected chi connectivity index (χ1v) is 7.60. The summed E-state index contributed by atoms with van der Waals surface area (Å²) in [7, 11) is -1.11. The van der Waals surface area contributed by atoms with Crippen LogP contribution in [0.2, 0.25) is 0 Å². The van der Waals surface area contributed by atoms with Crippen molar-refractivity contribution < 1.29 is 13.7 Å². The lowest BCUT2D eigenvalue weighted by Gasteiger charge is -2.11. The van der Waals surface area contributed by atoms with Crippen LogP contribution in [0, 0.1) is 0 Å². The zero-order valence-electron chi connectivity index (χ0n) is 11.1. The Hall–Kier alpha value is -1.16. The highest BCUT2D eigenvalue weighted by molar-refractivity contribution is 7.86. The Morgan fingerprint density at radius 2 is 2.00 bits per heavy atom. The third-order valence-electron chi connectivity index (χ3n) is 2.78. The van der Waals surface area contributed by atoms with Crippen LogP contribution in [-0.4, -0.2) is 27.6 Å². The van der Waals surface area contributed by atoms with Gasteiger partial charge in [0, 0.05) is 16.0 Å². The molecule has 0 saturated carbocycles. The normalized spacial score (nSPS) is 13.9. The molecular formula is C14H20O3S. The quantitative estimate of drug-likeness (QED) is 0.714. The first-order valence-electron chi connectivity index (χ1n) is 6.22. The number of Topliss-reactive ketones (excluding diaryl/α,β-unsaturated/α-hetero) is 1. The second kappa shape index (κ2) is 7.31. The van der Waals surface area contributed by atoms with Gasteiger partial charge in [0.05, 0.1) is 17.9 Å². The van der Waals surface area contributed by atoms with Crippen LogP contribution < -0.4 is 4.74 Å². The monoisotopic (exact) mass is 268 g/mol. The fourth-order valence-electron chi connectivity index (χ4n) is 1.51. The van der Waals surface area contributed by atoms with Crippen LogP contribution in [0.4, 0.5) is 0 Å². The Kier molecular flexibility index (Phi) is 6.05. The number of hydrogen-bond donors (Lipinski definition) is 0. The van der Waals surface area contributed by atoms with Gasteiger partial charge in [-0.3, -0.25) is 9.00 Å². The molecule has 100 valence electrons. The molecule has 0 N–H and O–H groups in total. The maximum Gasteiger partial charge on any atom is 0.179 e. The molecule has 0 aliphatic carbocycles. The van der Waals surface area contributed by atoms with E-state index >= 15 is 0 Å². The maximum atomic E-state index is 12.1. The Balaban J connectivity index is 2.81. The molecule has 0 spiro atoms. The zero-order chi connectivity index (χ0) is 13.5. The molecule has 0 heterocycles. The molecule has 0 aliphatic rings. The summed E-state index contributed by atoms with van der Waals surface area (Å²) in [4.78, 5) is 12.1. The van der Waals surface area contributed by atoms with E-state index in [2.05, 4.69) is 0 Å². The van der Waals surface area contributed by atoms with Gasteiger partial charge in [-0.15, -0.1) is 0 Å². The molecule has 0 amide bonds. The van der Waals surface area contributed by atoms with Gasteiger partial charge in [0.25, 0.3) is 0 Å². The summed E-state index contributed by atoms with van der Waals surface area (Å²) in [5.74, 6) is 0.530. The van der Waals surface area contributed by atoms with E-state index in [0.717, 1.165) is 6.42 Å². The number of carbonyl (C=O) groups is 1. The molecule has 18 heavy (non-hydrogen) atoms. The molecule has 0 bridgehead atoms. The van der Waals surface area contributed by atoms with Crippen molar-refractivity contribution in [3.8, 4) is 5.75 Å². The highest BCUT2D eigenvalue weighted by Gasteiger charge is 2.17. The summed E-state index contributed by atoms with van der Waals surface area (Å²) in [5.41, 5.74) is 0.524. The molecule has 3 nitrogen and oxygen atoms in total. The van der Waals surface area contributed by atoms with E-state index in [9.17, 15) is 9.00 Å². The number of carbonyl (C=O) groups excluding carboxylic acids is 1. The van der Waals surface area contributed by atoms with Gasteiger partial charge in [0.1, 0.15) is 5.75 Å². The first kappa shape index (κ1) is 14.9. The smallest absolute Gasteiger partial charge is 0.179 e. The number of ether oxygens (including phenoxy) is 1. The van der Waals surface area contributed by atoms with Crippen LogP contribution in [-0.2, 0) is 10.8 Å². The summed E-state index contributed by atoms with van der Waals surface area (Å²) in [6, 6.07) is 7.11. The van der Waals surface area contributed by atoms with Crippen molar-refractivity contribution in [2.45, 2.75) is 32.4 Å². The molecule has 2 atom stereocenters. The number of hydrogen-bond acceptors (Lipinski definition) is 3. The Bertz CT molecular complexity index is 429. The van der Waals surface area contributed by atoms with Crippen molar-refractivity contribution in [1.82, 2.24) is 0 Å². The molecule has 1 aromatic carbocycles. The lowest BCUT2D eigenvalue weighted by Crippen LogP contribution is -2.19. The lowest BCUT2D eigenvalue weighted by molar-refractivity contribution is 0.101. The highest BCUT2D eigenvalue weighted by atomic mass is 32.2. The van der Waals surface area contributed by atoms with E-state index in [1.807, 2.05) is 26.8 Å². The largest absolute Gasteiger partial charge is 0.493 e. The molecule has 0 fully saturated rings. The topological polar surface area (TPSA) is 43.4 Å². The van der Waals surface area contributed by atoms with E-state index in [0.29, 0.717) is 17.9 Å². The fourth-order valence-corrected chi connectivity index (χ4v) is 2.58. The Labute approximate surface area is 111 Å². The summed E-state index contributed by atoms with van der Waals surface area (Å²) in [5, 5.41) is 0.0493. The molecular weight excluding hydrogens is 248 g/mol.